The first-order chi connectivity index (χ1) is 13.4. The fraction of sp³-hybridized carbons (Fsp3) is 0.538. The zero-order chi connectivity index (χ0) is 21.9. The minimum atomic E-state index is -3.53. The lowest BCUT2D eigenvalue weighted by Gasteiger charge is -2.19. The van der Waals surface area contributed by atoms with Crippen LogP contribution in [0.5, 0.6) is 0 Å². The smallest absolute Gasteiger partial charge is 0.206 e. The molecule has 0 radical (unpaired) electrons. The van der Waals surface area contributed by atoms with Crippen LogP contribution in [-0.4, -0.2) is 8.42 Å². The van der Waals surface area contributed by atoms with Crippen molar-refractivity contribution in [2.24, 2.45) is 23.7 Å². The Morgan fingerprint density at radius 3 is 1.31 bits per heavy atom. The Labute approximate surface area is 178 Å². The van der Waals surface area contributed by atoms with Gasteiger partial charge in [-0.15, -0.1) is 0 Å². The molecule has 0 aliphatic carbocycles. The van der Waals surface area contributed by atoms with Gasteiger partial charge in [-0.3, -0.25) is 0 Å². The number of hydrogen-bond acceptors (Lipinski definition) is 2. The van der Waals surface area contributed by atoms with Crippen molar-refractivity contribution in [1.82, 2.24) is 0 Å². The molecule has 0 aliphatic heterocycles. The van der Waals surface area contributed by atoms with E-state index in [1.54, 1.807) is 12.1 Å². The maximum absolute atomic E-state index is 13.4. The molecule has 0 saturated heterocycles. The minimum Gasteiger partial charge on any atom is -0.219 e. The summed E-state index contributed by atoms with van der Waals surface area (Å²) in [5.74, 6) is 2.15. The highest BCUT2D eigenvalue weighted by Crippen LogP contribution is 2.28. The molecule has 0 aliphatic rings. The Kier molecular flexibility index (Phi) is 7.73. The van der Waals surface area contributed by atoms with E-state index in [0.717, 1.165) is 35.1 Å². The van der Waals surface area contributed by atoms with Gasteiger partial charge in [0.1, 0.15) is 0 Å². The van der Waals surface area contributed by atoms with E-state index in [1.165, 1.54) is 0 Å². The summed E-state index contributed by atoms with van der Waals surface area (Å²) in [4.78, 5) is 0.807. The zero-order valence-corrected chi connectivity index (χ0v) is 20.2. The summed E-state index contributed by atoms with van der Waals surface area (Å²) >= 11 is 0. The van der Waals surface area contributed by atoms with E-state index in [1.807, 2.05) is 24.3 Å². The normalized spacial score (nSPS) is 14.4. The maximum Gasteiger partial charge on any atom is 0.206 e. The average molecular weight is 415 g/mol. The van der Waals surface area contributed by atoms with Crippen LogP contribution in [0.4, 0.5) is 0 Å². The molecule has 2 rings (SSSR count). The van der Waals surface area contributed by atoms with Crippen molar-refractivity contribution in [3.63, 3.8) is 0 Å². The van der Waals surface area contributed by atoms with Crippen LogP contribution in [-0.2, 0) is 22.7 Å². The molecule has 0 aromatic heterocycles. The molecule has 0 unspecified atom stereocenters. The van der Waals surface area contributed by atoms with E-state index >= 15 is 0 Å². The van der Waals surface area contributed by atoms with Crippen LogP contribution < -0.4 is 0 Å². The van der Waals surface area contributed by atoms with Gasteiger partial charge in [0, 0.05) is 0 Å². The monoisotopic (exact) mass is 414 g/mol. The van der Waals surface area contributed by atoms with Crippen molar-refractivity contribution in [3.05, 3.63) is 58.7 Å². The molecule has 2 aromatic rings. The SMILES string of the molecule is Cc1ccc(S(=O)(=O)c2ccc(C)c(C[C@H](C)C(C)C)c2)cc1C[C@H](C)C(C)C. The number of aryl methyl sites for hydroxylation is 2. The third kappa shape index (κ3) is 5.72. The fourth-order valence-electron chi connectivity index (χ4n) is 3.37. The van der Waals surface area contributed by atoms with Crippen molar-refractivity contribution in [2.45, 2.75) is 78.0 Å². The summed E-state index contributed by atoms with van der Waals surface area (Å²) in [6.07, 6.45) is 1.80. The first-order valence-electron chi connectivity index (χ1n) is 10.9. The van der Waals surface area contributed by atoms with Crippen LogP contribution in [0.1, 0.15) is 63.8 Å². The van der Waals surface area contributed by atoms with Crippen molar-refractivity contribution < 1.29 is 8.42 Å². The molecule has 2 atom stereocenters. The Bertz CT molecular complexity index is 868. The van der Waals surface area contributed by atoms with Crippen molar-refractivity contribution in [1.29, 1.82) is 0 Å². The standard InChI is InChI=1S/C26H38O2S/c1-17(2)21(7)13-23-15-25(11-9-19(23)5)29(27,28)26-12-10-20(6)24(16-26)14-22(8)18(3)4/h9-12,15-18,21-22H,13-14H2,1-8H3/t21-,22-/m0/s1. The summed E-state index contributed by atoms with van der Waals surface area (Å²) in [5, 5.41) is 0. The first-order valence-corrected chi connectivity index (χ1v) is 12.4. The van der Waals surface area contributed by atoms with Gasteiger partial charge in [-0.2, -0.15) is 0 Å². The van der Waals surface area contributed by atoms with E-state index in [9.17, 15) is 8.42 Å². The van der Waals surface area contributed by atoms with Gasteiger partial charge < -0.3 is 0 Å². The van der Waals surface area contributed by atoms with Gasteiger partial charge in [-0.25, -0.2) is 8.42 Å². The molecule has 0 saturated carbocycles. The summed E-state index contributed by atoms with van der Waals surface area (Å²) in [7, 11) is -3.53. The molecular formula is C26H38O2S. The van der Waals surface area contributed by atoms with Crippen LogP contribution in [0.2, 0.25) is 0 Å². The molecule has 29 heavy (non-hydrogen) atoms. The van der Waals surface area contributed by atoms with Crippen LogP contribution in [0.25, 0.3) is 0 Å². The highest BCUT2D eigenvalue weighted by Gasteiger charge is 2.21. The summed E-state index contributed by atoms with van der Waals surface area (Å²) in [6, 6.07) is 11.2. The Balaban J connectivity index is 2.43. The van der Waals surface area contributed by atoms with E-state index in [0.29, 0.717) is 33.5 Å². The molecule has 0 spiro atoms. The molecule has 2 aromatic carbocycles. The largest absolute Gasteiger partial charge is 0.219 e. The van der Waals surface area contributed by atoms with Crippen molar-refractivity contribution >= 4 is 9.84 Å². The lowest BCUT2D eigenvalue weighted by atomic mass is 9.89. The molecule has 3 heteroatoms. The molecule has 0 heterocycles. The third-order valence-corrected chi connectivity index (χ3v) is 8.37. The van der Waals surface area contributed by atoms with E-state index in [-0.39, 0.29) is 0 Å². The van der Waals surface area contributed by atoms with Gasteiger partial charge in [-0.1, -0.05) is 53.7 Å². The molecule has 0 bridgehead atoms. The van der Waals surface area contributed by atoms with E-state index in [4.69, 9.17) is 0 Å². The highest BCUT2D eigenvalue weighted by molar-refractivity contribution is 7.91. The van der Waals surface area contributed by atoms with E-state index in [2.05, 4.69) is 55.4 Å². The van der Waals surface area contributed by atoms with Crippen LogP contribution in [0.15, 0.2) is 46.2 Å². The second kappa shape index (κ2) is 9.47. The quantitative estimate of drug-likeness (QED) is 0.476. The van der Waals surface area contributed by atoms with Gasteiger partial charge in [-0.05, 0) is 96.9 Å². The second-order valence-corrected chi connectivity index (χ2v) is 11.5. The average Bonchev–Trinajstić information content (AvgIpc) is 2.64. The van der Waals surface area contributed by atoms with Gasteiger partial charge in [0.05, 0.1) is 9.79 Å². The Morgan fingerprint density at radius 2 is 1.00 bits per heavy atom. The first kappa shape index (κ1) is 23.7. The van der Waals surface area contributed by atoms with Crippen LogP contribution in [0.3, 0.4) is 0 Å². The zero-order valence-electron chi connectivity index (χ0n) is 19.4. The molecule has 160 valence electrons. The summed E-state index contributed by atoms with van der Waals surface area (Å²) in [6.45, 7) is 17.4. The highest BCUT2D eigenvalue weighted by atomic mass is 32.2. The summed E-state index contributed by atoms with van der Waals surface area (Å²) in [5.41, 5.74) is 4.58. The molecule has 2 nitrogen and oxygen atoms in total. The lowest BCUT2D eigenvalue weighted by Crippen LogP contribution is -2.11. The predicted molar refractivity (Wildman–Crippen MR) is 123 cm³/mol. The van der Waals surface area contributed by atoms with Crippen LogP contribution >= 0.6 is 0 Å². The minimum absolute atomic E-state index is 0.403. The topological polar surface area (TPSA) is 34.1 Å². The van der Waals surface area contributed by atoms with Crippen molar-refractivity contribution in [3.8, 4) is 0 Å². The lowest BCUT2D eigenvalue weighted by molar-refractivity contribution is 0.416. The Hall–Kier alpha value is -1.61. The summed E-state index contributed by atoms with van der Waals surface area (Å²) < 4.78 is 26.8. The number of sulfone groups is 1. The Morgan fingerprint density at radius 1 is 0.655 bits per heavy atom. The molecular weight excluding hydrogens is 376 g/mol. The number of benzene rings is 2. The van der Waals surface area contributed by atoms with Gasteiger partial charge >= 0.3 is 0 Å². The van der Waals surface area contributed by atoms with Gasteiger partial charge in [0.15, 0.2) is 0 Å². The molecule has 0 N–H and O–H groups in total. The maximum atomic E-state index is 13.4. The van der Waals surface area contributed by atoms with Crippen LogP contribution in [0, 0.1) is 37.5 Å². The molecule has 0 amide bonds. The van der Waals surface area contributed by atoms with E-state index < -0.39 is 9.84 Å². The molecule has 0 fully saturated rings. The predicted octanol–water partition coefficient (Wildman–Crippen LogP) is 6.81. The third-order valence-electron chi connectivity index (χ3n) is 6.62. The van der Waals surface area contributed by atoms with Gasteiger partial charge in [0.2, 0.25) is 9.84 Å². The second-order valence-electron chi connectivity index (χ2n) is 9.53. The number of hydrogen-bond donors (Lipinski definition) is 0. The number of rotatable bonds is 8. The van der Waals surface area contributed by atoms with Gasteiger partial charge in [0.25, 0.3) is 0 Å². The fourth-order valence-corrected chi connectivity index (χ4v) is 4.73. The van der Waals surface area contributed by atoms with Crippen molar-refractivity contribution in [2.75, 3.05) is 0 Å².